The molecule has 17 heavy (non-hydrogen) atoms. The fourth-order valence-electron chi connectivity index (χ4n) is 2.60. The zero-order chi connectivity index (χ0) is 13.3. The number of halogens is 2. The zero-order valence-corrected chi connectivity index (χ0v) is 10.5. The lowest BCUT2D eigenvalue weighted by atomic mass is 9.92. The molecule has 3 nitrogen and oxygen atoms in total. The molecule has 0 aromatic carbocycles. The first kappa shape index (κ1) is 14.4. The van der Waals surface area contributed by atoms with E-state index in [-0.39, 0.29) is 24.7 Å². The smallest absolute Gasteiger partial charge is 0.337 e. The SMILES string of the molecule is COC(=O)C1(O)C[C@H](CCC(C)(F)F)[C@H](C)C1. The predicted octanol–water partition coefficient (Wildman–Crippen LogP) is 2.37. The van der Waals surface area contributed by atoms with Gasteiger partial charge in [-0.2, -0.15) is 0 Å². The van der Waals surface area contributed by atoms with Crippen molar-refractivity contribution in [2.75, 3.05) is 7.11 Å². The Hall–Kier alpha value is -0.710. The molecule has 1 unspecified atom stereocenters. The second kappa shape index (κ2) is 4.88. The van der Waals surface area contributed by atoms with Crippen molar-refractivity contribution < 1.29 is 23.4 Å². The van der Waals surface area contributed by atoms with Crippen molar-refractivity contribution in [1.82, 2.24) is 0 Å². The number of ether oxygens (including phenoxy) is 1. The van der Waals surface area contributed by atoms with Gasteiger partial charge in [0.05, 0.1) is 7.11 Å². The lowest BCUT2D eigenvalue weighted by Crippen LogP contribution is -2.37. The van der Waals surface area contributed by atoms with Crippen molar-refractivity contribution in [3.63, 3.8) is 0 Å². The molecule has 0 aliphatic heterocycles. The van der Waals surface area contributed by atoms with Gasteiger partial charge in [0.1, 0.15) is 0 Å². The first-order valence-electron chi connectivity index (χ1n) is 5.86. The first-order valence-corrected chi connectivity index (χ1v) is 5.86. The minimum absolute atomic E-state index is 0.0510. The van der Waals surface area contributed by atoms with Crippen LogP contribution >= 0.6 is 0 Å². The molecule has 0 radical (unpaired) electrons. The monoisotopic (exact) mass is 250 g/mol. The number of hydrogen-bond donors (Lipinski definition) is 1. The summed E-state index contributed by atoms with van der Waals surface area (Å²) >= 11 is 0. The number of alkyl halides is 2. The molecule has 1 aliphatic rings. The first-order chi connectivity index (χ1) is 7.68. The van der Waals surface area contributed by atoms with E-state index in [0.29, 0.717) is 12.8 Å². The topological polar surface area (TPSA) is 46.5 Å². The van der Waals surface area contributed by atoms with Crippen molar-refractivity contribution in [2.45, 2.75) is 51.1 Å². The van der Waals surface area contributed by atoms with Gasteiger partial charge in [0.2, 0.25) is 5.92 Å². The highest BCUT2D eigenvalue weighted by atomic mass is 19.3. The number of aliphatic hydroxyl groups is 1. The summed E-state index contributed by atoms with van der Waals surface area (Å²) in [6.45, 7) is 2.76. The van der Waals surface area contributed by atoms with E-state index in [4.69, 9.17) is 0 Å². The Morgan fingerprint density at radius 2 is 2.12 bits per heavy atom. The number of carbonyl (C=O) groups is 1. The lowest BCUT2D eigenvalue weighted by Gasteiger charge is -2.20. The summed E-state index contributed by atoms with van der Waals surface area (Å²) in [6.07, 6.45) is 0.625. The van der Waals surface area contributed by atoms with E-state index in [2.05, 4.69) is 4.74 Å². The quantitative estimate of drug-likeness (QED) is 0.779. The summed E-state index contributed by atoms with van der Waals surface area (Å²) in [5.74, 6) is -3.34. The molecule has 0 aromatic heterocycles. The fourth-order valence-corrected chi connectivity index (χ4v) is 2.60. The average Bonchev–Trinajstić information content (AvgIpc) is 2.50. The second-order valence-corrected chi connectivity index (χ2v) is 5.28. The fraction of sp³-hybridized carbons (Fsp3) is 0.917. The lowest BCUT2D eigenvalue weighted by molar-refractivity contribution is -0.162. The molecule has 3 atom stereocenters. The van der Waals surface area contributed by atoms with Crippen molar-refractivity contribution >= 4 is 5.97 Å². The summed E-state index contributed by atoms with van der Waals surface area (Å²) in [4.78, 5) is 11.4. The van der Waals surface area contributed by atoms with Gasteiger partial charge >= 0.3 is 5.97 Å². The standard InChI is InChI=1S/C12H20F2O3/c1-8-6-12(16,10(15)17-3)7-9(8)4-5-11(2,13)14/h8-9,16H,4-7H2,1-3H3/t8-,9+,12?/m1/s1. The maximum absolute atomic E-state index is 12.8. The molecule has 0 aromatic rings. The Morgan fingerprint density at radius 1 is 1.53 bits per heavy atom. The van der Waals surface area contributed by atoms with Gasteiger partial charge in [0, 0.05) is 6.42 Å². The Bertz CT molecular complexity index is 288. The van der Waals surface area contributed by atoms with Crippen LogP contribution in [0.1, 0.15) is 39.5 Å². The van der Waals surface area contributed by atoms with E-state index in [1.54, 1.807) is 0 Å². The number of rotatable bonds is 4. The summed E-state index contributed by atoms with van der Waals surface area (Å²) in [5.41, 5.74) is -1.48. The van der Waals surface area contributed by atoms with Crippen molar-refractivity contribution in [3.05, 3.63) is 0 Å². The van der Waals surface area contributed by atoms with Crippen LogP contribution in [0.25, 0.3) is 0 Å². The summed E-state index contributed by atoms with van der Waals surface area (Å²) in [6, 6.07) is 0. The van der Waals surface area contributed by atoms with Crippen LogP contribution in [0.2, 0.25) is 0 Å². The molecule has 1 N–H and O–H groups in total. The van der Waals surface area contributed by atoms with Crippen molar-refractivity contribution in [1.29, 1.82) is 0 Å². The van der Waals surface area contributed by atoms with Crippen molar-refractivity contribution in [3.8, 4) is 0 Å². The minimum Gasteiger partial charge on any atom is -0.467 e. The number of hydrogen-bond acceptors (Lipinski definition) is 3. The third kappa shape index (κ3) is 3.63. The van der Waals surface area contributed by atoms with Gasteiger partial charge in [-0.25, -0.2) is 13.6 Å². The molecule has 1 fully saturated rings. The molecule has 1 saturated carbocycles. The Kier molecular flexibility index (Phi) is 4.12. The molecule has 100 valence electrons. The maximum atomic E-state index is 12.8. The van der Waals surface area contributed by atoms with Gasteiger partial charge in [-0.1, -0.05) is 6.92 Å². The molecule has 0 amide bonds. The molecule has 1 rings (SSSR count). The van der Waals surface area contributed by atoms with E-state index in [1.807, 2.05) is 6.92 Å². The molecule has 0 spiro atoms. The van der Waals surface area contributed by atoms with Gasteiger partial charge < -0.3 is 9.84 Å². The molecule has 0 bridgehead atoms. The summed E-state index contributed by atoms with van der Waals surface area (Å²) in [5, 5.41) is 10.1. The van der Waals surface area contributed by atoms with Gasteiger partial charge in [-0.15, -0.1) is 0 Å². The Balaban J connectivity index is 2.58. The largest absolute Gasteiger partial charge is 0.467 e. The summed E-state index contributed by atoms with van der Waals surface area (Å²) < 4.78 is 30.1. The van der Waals surface area contributed by atoms with Crippen LogP contribution in [0.15, 0.2) is 0 Å². The highest BCUT2D eigenvalue weighted by Crippen LogP contribution is 2.43. The molecule has 0 saturated heterocycles. The van der Waals surface area contributed by atoms with E-state index in [9.17, 15) is 18.7 Å². The minimum atomic E-state index is -2.69. The normalized spacial score (nSPS) is 33.8. The van der Waals surface area contributed by atoms with Crippen molar-refractivity contribution in [2.24, 2.45) is 11.8 Å². The van der Waals surface area contributed by atoms with Crippen LogP contribution in [-0.4, -0.2) is 29.7 Å². The van der Waals surface area contributed by atoms with Crippen LogP contribution in [0.4, 0.5) is 8.78 Å². The van der Waals surface area contributed by atoms with E-state index < -0.39 is 17.5 Å². The predicted molar refractivity (Wildman–Crippen MR) is 58.7 cm³/mol. The van der Waals surface area contributed by atoms with Gasteiger partial charge in [-0.05, 0) is 38.0 Å². The molecular formula is C12H20F2O3. The van der Waals surface area contributed by atoms with E-state index in [1.165, 1.54) is 7.11 Å². The van der Waals surface area contributed by atoms with Gasteiger partial charge in [0.25, 0.3) is 0 Å². The highest BCUT2D eigenvalue weighted by molar-refractivity contribution is 5.79. The highest BCUT2D eigenvalue weighted by Gasteiger charge is 2.48. The molecular weight excluding hydrogens is 230 g/mol. The third-order valence-electron chi connectivity index (χ3n) is 3.58. The third-order valence-corrected chi connectivity index (χ3v) is 3.58. The molecule has 5 heteroatoms. The number of methoxy groups -OCH3 is 1. The van der Waals surface area contributed by atoms with E-state index in [0.717, 1.165) is 6.92 Å². The number of carbonyl (C=O) groups excluding carboxylic acids is 1. The zero-order valence-electron chi connectivity index (χ0n) is 10.5. The van der Waals surface area contributed by atoms with Crippen LogP contribution in [0.5, 0.6) is 0 Å². The average molecular weight is 250 g/mol. The Morgan fingerprint density at radius 3 is 2.59 bits per heavy atom. The Labute approximate surface area is 100 Å². The van der Waals surface area contributed by atoms with Crippen LogP contribution in [0, 0.1) is 11.8 Å². The van der Waals surface area contributed by atoms with Crippen LogP contribution < -0.4 is 0 Å². The molecule has 0 heterocycles. The molecule has 1 aliphatic carbocycles. The number of esters is 1. The maximum Gasteiger partial charge on any atom is 0.337 e. The van der Waals surface area contributed by atoms with E-state index >= 15 is 0 Å². The summed E-state index contributed by atoms with van der Waals surface area (Å²) in [7, 11) is 1.22. The van der Waals surface area contributed by atoms with Gasteiger partial charge in [0.15, 0.2) is 5.60 Å². The second-order valence-electron chi connectivity index (χ2n) is 5.28. The van der Waals surface area contributed by atoms with Crippen LogP contribution in [-0.2, 0) is 9.53 Å². The van der Waals surface area contributed by atoms with Gasteiger partial charge in [-0.3, -0.25) is 0 Å². The van der Waals surface area contributed by atoms with Crippen LogP contribution in [0.3, 0.4) is 0 Å².